The lowest BCUT2D eigenvalue weighted by atomic mass is 10.2. The lowest BCUT2D eigenvalue weighted by Gasteiger charge is -2.07. The molecule has 4 rings (SSSR count). The molecule has 0 atom stereocenters. The highest BCUT2D eigenvalue weighted by atomic mass is 35.5. The van der Waals surface area contributed by atoms with Crippen LogP contribution < -0.4 is 0 Å². The van der Waals surface area contributed by atoms with Crippen LogP contribution in [0.25, 0.3) is 23.2 Å². The standard InChI is InChI=1S/C22H16ClFN2/c23-18-10-5-16(6-11-18)9-14-22-25-20-3-1-2-4-21(20)26(22)15-17-7-12-19(24)13-8-17/h1-14H,15H2. The molecule has 2 nitrogen and oxygen atoms in total. The van der Waals surface area contributed by atoms with E-state index in [9.17, 15) is 4.39 Å². The maximum absolute atomic E-state index is 13.2. The molecule has 0 aliphatic rings. The van der Waals surface area contributed by atoms with Crippen molar-refractivity contribution < 1.29 is 4.39 Å². The van der Waals surface area contributed by atoms with Crippen molar-refractivity contribution in [3.05, 3.63) is 101 Å². The third kappa shape index (κ3) is 3.53. The topological polar surface area (TPSA) is 17.8 Å². The number of fused-ring (bicyclic) bond motifs is 1. The summed E-state index contributed by atoms with van der Waals surface area (Å²) in [6.07, 6.45) is 4.01. The predicted molar refractivity (Wildman–Crippen MR) is 106 cm³/mol. The van der Waals surface area contributed by atoms with E-state index in [0.29, 0.717) is 11.6 Å². The third-order valence-corrected chi connectivity index (χ3v) is 4.48. The lowest BCUT2D eigenvalue weighted by molar-refractivity contribution is 0.626. The quantitative estimate of drug-likeness (QED) is 0.432. The summed E-state index contributed by atoms with van der Waals surface area (Å²) in [7, 11) is 0. The summed E-state index contributed by atoms with van der Waals surface area (Å²) in [6.45, 7) is 0.626. The van der Waals surface area contributed by atoms with E-state index < -0.39 is 0 Å². The summed E-state index contributed by atoms with van der Waals surface area (Å²) in [5.41, 5.74) is 4.06. The number of halogens is 2. The molecule has 1 heterocycles. The monoisotopic (exact) mass is 362 g/mol. The molecule has 0 aliphatic heterocycles. The number of rotatable bonds is 4. The number of hydrogen-bond acceptors (Lipinski definition) is 1. The summed E-state index contributed by atoms with van der Waals surface area (Å²) in [5.74, 6) is 0.623. The summed E-state index contributed by atoms with van der Waals surface area (Å²) < 4.78 is 15.3. The Kier molecular flexibility index (Phi) is 4.55. The molecule has 0 N–H and O–H groups in total. The van der Waals surface area contributed by atoms with E-state index in [1.165, 1.54) is 12.1 Å². The minimum Gasteiger partial charge on any atom is -0.320 e. The fourth-order valence-electron chi connectivity index (χ4n) is 2.90. The molecular formula is C22H16ClFN2. The molecule has 26 heavy (non-hydrogen) atoms. The largest absolute Gasteiger partial charge is 0.320 e. The van der Waals surface area contributed by atoms with E-state index in [0.717, 1.165) is 28.0 Å². The van der Waals surface area contributed by atoms with E-state index >= 15 is 0 Å². The molecule has 0 radical (unpaired) electrons. The Bertz CT molecular complexity index is 1060. The lowest BCUT2D eigenvalue weighted by Crippen LogP contribution is -2.02. The van der Waals surface area contributed by atoms with Gasteiger partial charge in [-0.15, -0.1) is 0 Å². The van der Waals surface area contributed by atoms with Gasteiger partial charge in [-0.05, 0) is 53.6 Å². The summed E-state index contributed by atoms with van der Waals surface area (Å²) in [4.78, 5) is 4.74. The zero-order chi connectivity index (χ0) is 17.9. The van der Waals surface area contributed by atoms with Crippen LogP contribution in [0.15, 0.2) is 72.8 Å². The molecule has 0 bridgehead atoms. The van der Waals surface area contributed by atoms with Crippen LogP contribution in [0.2, 0.25) is 5.02 Å². The molecule has 3 aromatic carbocycles. The van der Waals surface area contributed by atoms with Crippen molar-refractivity contribution in [2.75, 3.05) is 0 Å². The van der Waals surface area contributed by atoms with E-state index in [1.807, 2.05) is 60.7 Å². The average Bonchev–Trinajstić information content (AvgIpc) is 3.01. The van der Waals surface area contributed by atoms with Crippen LogP contribution in [0.3, 0.4) is 0 Å². The van der Waals surface area contributed by atoms with Gasteiger partial charge in [0.2, 0.25) is 0 Å². The van der Waals surface area contributed by atoms with Crippen molar-refractivity contribution in [3.8, 4) is 0 Å². The maximum Gasteiger partial charge on any atom is 0.134 e. The molecule has 4 aromatic rings. The molecule has 0 saturated carbocycles. The van der Waals surface area contributed by atoms with Crippen LogP contribution in [-0.4, -0.2) is 9.55 Å². The van der Waals surface area contributed by atoms with Gasteiger partial charge in [-0.2, -0.15) is 0 Å². The van der Waals surface area contributed by atoms with E-state index in [2.05, 4.69) is 4.57 Å². The summed E-state index contributed by atoms with van der Waals surface area (Å²) in [6, 6.07) is 22.2. The van der Waals surface area contributed by atoms with Crippen molar-refractivity contribution in [2.24, 2.45) is 0 Å². The first-order valence-electron chi connectivity index (χ1n) is 8.32. The fourth-order valence-corrected chi connectivity index (χ4v) is 3.03. The molecule has 0 aliphatic carbocycles. The average molecular weight is 363 g/mol. The maximum atomic E-state index is 13.2. The first-order chi connectivity index (χ1) is 12.7. The second-order valence-corrected chi connectivity index (χ2v) is 6.49. The molecule has 0 fully saturated rings. The van der Waals surface area contributed by atoms with Gasteiger partial charge in [0.05, 0.1) is 11.0 Å². The van der Waals surface area contributed by atoms with E-state index in [4.69, 9.17) is 16.6 Å². The second-order valence-electron chi connectivity index (χ2n) is 6.06. The molecular weight excluding hydrogens is 347 g/mol. The van der Waals surface area contributed by atoms with Crippen LogP contribution in [0, 0.1) is 5.82 Å². The zero-order valence-corrected chi connectivity index (χ0v) is 14.7. The minimum absolute atomic E-state index is 0.230. The normalized spacial score (nSPS) is 11.5. The van der Waals surface area contributed by atoms with Crippen molar-refractivity contribution in [2.45, 2.75) is 6.54 Å². The molecule has 0 saturated heterocycles. The van der Waals surface area contributed by atoms with E-state index in [1.54, 1.807) is 12.1 Å². The number of aromatic nitrogens is 2. The van der Waals surface area contributed by atoms with Crippen LogP contribution in [0.1, 0.15) is 17.0 Å². The molecule has 4 heteroatoms. The minimum atomic E-state index is -0.230. The van der Waals surface area contributed by atoms with Gasteiger partial charge in [-0.3, -0.25) is 0 Å². The van der Waals surface area contributed by atoms with Crippen LogP contribution in [0.4, 0.5) is 4.39 Å². The Morgan fingerprint density at radius 1 is 0.885 bits per heavy atom. The van der Waals surface area contributed by atoms with Gasteiger partial charge in [0, 0.05) is 11.6 Å². The van der Waals surface area contributed by atoms with Crippen LogP contribution >= 0.6 is 11.6 Å². The second kappa shape index (κ2) is 7.14. The molecule has 0 spiro atoms. The molecule has 1 aromatic heterocycles. The number of nitrogens with zero attached hydrogens (tertiary/aromatic N) is 2. The fraction of sp³-hybridized carbons (Fsp3) is 0.0455. The van der Waals surface area contributed by atoms with Gasteiger partial charge in [0.25, 0.3) is 0 Å². The Hall–Kier alpha value is -2.91. The van der Waals surface area contributed by atoms with Gasteiger partial charge >= 0.3 is 0 Å². The Morgan fingerprint density at radius 2 is 1.62 bits per heavy atom. The molecule has 0 amide bonds. The summed E-state index contributed by atoms with van der Waals surface area (Å²) in [5, 5.41) is 0.714. The van der Waals surface area contributed by atoms with Crippen LogP contribution in [-0.2, 0) is 6.54 Å². The Balaban J connectivity index is 1.73. The highest BCUT2D eigenvalue weighted by Gasteiger charge is 2.09. The Labute approximate surface area is 156 Å². The molecule has 0 unspecified atom stereocenters. The van der Waals surface area contributed by atoms with Gasteiger partial charge < -0.3 is 4.57 Å². The number of benzene rings is 3. The predicted octanol–water partition coefficient (Wildman–Crippen LogP) is 6.05. The van der Waals surface area contributed by atoms with Gasteiger partial charge in [0.15, 0.2) is 0 Å². The zero-order valence-electron chi connectivity index (χ0n) is 13.9. The van der Waals surface area contributed by atoms with E-state index in [-0.39, 0.29) is 5.82 Å². The SMILES string of the molecule is Fc1ccc(Cn2c(C=Cc3ccc(Cl)cc3)nc3ccccc32)cc1. The number of imidazole rings is 1. The van der Waals surface area contributed by atoms with Crippen molar-refractivity contribution in [3.63, 3.8) is 0 Å². The highest BCUT2D eigenvalue weighted by Crippen LogP contribution is 2.20. The van der Waals surface area contributed by atoms with Crippen LogP contribution in [0.5, 0.6) is 0 Å². The summed E-state index contributed by atoms with van der Waals surface area (Å²) >= 11 is 5.94. The van der Waals surface area contributed by atoms with Crippen molar-refractivity contribution in [1.82, 2.24) is 9.55 Å². The smallest absolute Gasteiger partial charge is 0.134 e. The van der Waals surface area contributed by atoms with Gasteiger partial charge in [-0.25, -0.2) is 9.37 Å². The van der Waals surface area contributed by atoms with Crippen molar-refractivity contribution >= 4 is 34.8 Å². The third-order valence-electron chi connectivity index (χ3n) is 4.23. The Morgan fingerprint density at radius 3 is 2.38 bits per heavy atom. The molecule has 128 valence electrons. The first kappa shape index (κ1) is 16.6. The van der Waals surface area contributed by atoms with Crippen molar-refractivity contribution in [1.29, 1.82) is 0 Å². The van der Waals surface area contributed by atoms with Gasteiger partial charge in [-0.1, -0.05) is 54.1 Å². The highest BCUT2D eigenvalue weighted by molar-refractivity contribution is 6.30. The first-order valence-corrected chi connectivity index (χ1v) is 8.70. The number of para-hydroxylation sites is 2. The van der Waals surface area contributed by atoms with Gasteiger partial charge in [0.1, 0.15) is 11.6 Å². The number of hydrogen-bond donors (Lipinski definition) is 0.